The van der Waals surface area contributed by atoms with Crippen molar-refractivity contribution in [2.75, 3.05) is 0 Å². The summed E-state index contributed by atoms with van der Waals surface area (Å²) in [5.41, 5.74) is 0.236. The van der Waals surface area contributed by atoms with Gasteiger partial charge < -0.3 is 0 Å². The van der Waals surface area contributed by atoms with E-state index >= 15 is 0 Å². The summed E-state index contributed by atoms with van der Waals surface area (Å²) in [5.74, 6) is 3.35. The molecule has 2 aliphatic rings. The highest BCUT2D eigenvalue weighted by Crippen LogP contribution is 2.65. The Labute approximate surface area is 109 Å². The summed E-state index contributed by atoms with van der Waals surface area (Å²) in [6.45, 7) is 11.8. The standard InChI is InChI=1S/C16H29B/c1-6-13-9-12-7-11(2)8-14(10-12)16(13,17)15(3,4)5/h11-14H,6-10H2,1-5H3. The van der Waals surface area contributed by atoms with Crippen molar-refractivity contribution in [3.63, 3.8) is 0 Å². The van der Waals surface area contributed by atoms with E-state index in [-0.39, 0.29) is 10.7 Å². The van der Waals surface area contributed by atoms with Crippen LogP contribution in [0.15, 0.2) is 0 Å². The molecule has 2 radical (unpaired) electrons. The fourth-order valence-electron chi connectivity index (χ4n) is 4.99. The second-order valence-corrected chi connectivity index (χ2v) is 7.90. The summed E-state index contributed by atoms with van der Waals surface area (Å²) in [6.07, 6.45) is 6.85. The molecule has 0 saturated heterocycles. The molecule has 0 heterocycles. The highest BCUT2D eigenvalue weighted by molar-refractivity contribution is 6.16. The molecule has 5 unspecified atom stereocenters. The van der Waals surface area contributed by atoms with Crippen molar-refractivity contribution in [1.82, 2.24) is 0 Å². The Morgan fingerprint density at radius 3 is 2.29 bits per heavy atom. The lowest BCUT2D eigenvalue weighted by Gasteiger charge is -2.60. The first kappa shape index (κ1) is 13.5. The van der Waals surface area contributed by atoms with E-state index in [1.165, 1.54) is 32.1 Å². The van der Waals surface area contributed by atoms with Gasteiger partial charge in [0, 0.05) is 0 Å². The third-order valence-corrected chi connectivity index (χ3v) is 5.80. The van der Waals surface area contributed by atoms with E-state index in [0.29, 0.717) is 0 Å². The Hall–Kier alpha value is 0.0649. The van der Waals surface area contributed by atoms with E-state index < -0.39 is 0 Å². The van der Waals surface area contributed by atoms with Gasteiger partial charge in [0.25, 0.3) is 0 Å². The summed E-state index contributed by atoms with van der Waals surface area (Å²) in [6, 6.07) is 0. The quantitative estimate of drug-likeness (QED) is 0.567. The number of hydrogen-bond donors (Lipinski definition) is 0. The zero-order valence-corrected chi connectivity index (χ0v) is 12.4. The van der Waals surface area contributed by atoms with Gasteiger partial charge in [0.05, 0.1) is 7.85 Å². The fourth-order valence-corrected chi connectivity index (χ4v) is 4.99. The fraction of sp³-hybridized carbons (Fsp3) is 1.00. The molecule has 0 aromatic rings. The predicted molar refractivity (Wildman–Crippen MR) is 76.3 cm³/mol. The molecule has 0 aromatic heterocycles. The third kappa shape index (κ3) is 2.08. The second kappa shape index (κ2) is 4.32. The van der Waals surface area contributed by atoms with Crippen LogP contribution in [-0.4, -0.2) is 7.85 Å². The summed E-state index contributed by atoms with van der Waals surface area (Å²) >= 11 is 0. The van der Waals surface area contributed by atoms with E-state index in [2.05, 4.69) is 34.6 Å². The van der Waals surface area contributed by atoms with Gasteiger partial charge in [0.1, 0.15) is 0 Å². The molecule has 0 aromatic carbocycles. The van der Waals surface area contributed by atoms with Crippen LogP contribution in [0.2, 0.25) is 5.31 Å². The lowest BCUT2D eigenvalue weighted by atomic mass is 9.37. The van der Waals surface area contributed by atoms with Crippen molar-refractivity contribution in [2.24, 2.45) is 29.1 Å². The maximum atomic E-state index is 7.00. The molecule has 2 rings (SSSR count). The van der Waals surface area contributed by atoms with Crippen LogP contribution >= 0.6 is 0 Å². The second-order valence-electron chi connectivity index (χ2n) is 7.90. The Kier molecular flexibility index (Phi) is 3.43. The normalized spacial score (nSPS) is 46.9. The first-order valence-electron chi connectivity index (χ1n) is 7.57. The topological polar surface area (TPSA) is 0 Å². The van der Waals surface area contributed by atoms with Crippen molar-refractivity contribution < 1.29 is 0 Å². The summed E-state index contributed by atoms with van der Waals surface area (Å²) < 4.78 is 0. The lowest BCUT2D eigenvalue weighted by molar-refractivity contribution is -0.00672. The van der Waals surface area contributed by atoms with Gasteiger partial charge in [-0.15, -0.1) is 0 Å². The molecule has 17 heavy (non-hydrogen) atoms. The van der Waals surface area contributed by atoms with Crippen LogP contribution in [0.25, 0.3) is 0 Å². The Balaban J connectivity index is 2.33. The first-order valence-corrected chi connectivity index (χ1v) is 7.57. The molecule has 0 N–H and O–H groups in total. The van der Waals surface area contributed by atoms with Crippen LogP contribution < -0.4 is 0 Å². The van der Waals surface area contributed by atoms with Gasteiger partial charge in [-0.25, -0.2) is 0 Å². The van der Waals surface area contributed by atoms with Gasteiger partial charge >= 0.3 is 0 Å². The average molecular weight is 232 g/mol. The Morgan fingerprint density at radius 1 is 1.12 bits per heavy atom. The van der Waals surface area contributed by atoms with Crippen LogP contribution in [0.3, 0.4) is 0 Å². The lowest BCUT2D eigenvalue weighted by Crippen LogP contribution is -2.49. The summed E-state index contributed by atoms with van der Waals surface area (Å²) in [4.78, 5) is 0. The molecule has 0 nitrogen and oxygen atoms in total. The molecule has 96 valence electrons. The molecule has 0 spiro atoms. The zero-order chi connectivity index (χ0) is 12.8. The van der Waals surface area contributed by atoms with Crippen molar-refractivity contribution >= 4 is 7.85 Å². The maximum absolute atomic E-state index is 7.00. The third-order valence-electron chi connectivity index (χ3n) is 5.80. The predicted octanol–water partition coefficient (Wildman–Crippen LogP) is 4.84. The SMILES string of the molecule is [B]C1(C(C)(C)C)C(CC)CC2CC(C)CC1C2. The van der Waals surface area contributed by atoms with Gasteiger partial charge in [-0.05, 0) is 54.8 Å². The van der Waals surface area contributed by atoms with Crippen molar-refractivity contribution in [3.05, 3.63) is 0 Å². The van der Waals surface area contributed by atoms with E-state index in [1.54, 1.807) is 0 Å². The Bertz CT molecular complexity index is 276. The molecule has 2 fully saturated rings. The maximum Gasteiger partial charge on any atom is 0.0761 e. The van der Waals surface area contributed by atoms with Crippen LogP contribution in [0.5, 0.6) is 0 Å². The van der Waals surface area contributed by atoms with Crippen LogP contribution in [0.4, 0.5) is 0 Å². The minimum atomic E-state index is 0.0624. The molecule has 0 amide bonds. The Morgan fingerprint density at radius 2 is 1.76 bits per heavy atom. The highest BCUT2D eigenvalue weighted by atomic mass is 14.6. The molecule has 2 saturated carbocycles. The minimum absolute atomic E-state index is 0.0624. The van der Waals surface area contributed by atoms with E-state index in [4.69, 9.17) is 7.85 Å². The average Bonchev–Trinajstić information content (AvgIpc) is 2.21. The van der Waals surface area contributed by atoms with Gasteiger partial charge in [0.15, 0.2) is 0 Å². The number of fused-ring (bicyclic) bond motifs is 2. The smallest absolute Gasteiger partial charge is 0.0651 e. The van der Waals surface area contributed by atoms with Crippen LogP contribution in [0.1, 0.15) is 66.7 Å². The zero-order valence-electron chi connectivity index (χ0n) is 12.4. The van der Waals surface area contributed by atoms with Crippen molar-refractivity contribution in [1.29, 1.82) is 0 Å². The molecule has 5 atom stereocenters. The molecular weight excluding hydrogens is 203 g/mol. The molecule has 1 heteroatoms. The van der Waals surface area contributed by atoms with Gasteiger partial charge in [-0.1, -0.05) is 46.4 Å². The summed E-state index contributed by atoms with van der Waals surface area (Å²) in [5, 5.41) is 0.0624. The van der Waals surface area contributed by atoms with Crippen LogP contribution in [0, 0.1) is 29.1 Å². The summed E-state index contributed by atoms with van der Waals surface area (Å²) in [7, 11) is 7.00. The van der Waals surface area contributed by atoms with E-state index in [1.807, 2.05) is 0 Å². The largest absolute Gasteiger partial charge is 0.0761 e. The minimum Gasteiger partial charge on any atom is -0.0651 e. The molecule has 0 aliphatic heterocycles. The van der Waals surface area contributed by atoms with Gasteiger partial charge in [0.2, 0.25) is 0 Å². The molecule has 2 aliphatic carbocycles. The monoisotopic (exact) mass is 232 g/mol. The van der Waals surface area contributed by atoms with Gasteiger partial charge in [-0.3, -0.25) is 0 Å². The highest BCUT2D eigenvalue weighted by Gasteiger charge is 2.53. The molecule has 2 bridgehead atoms. The van der Waals surface area contributed by atoms with Crippen molar-refractivity contribution in [3.8, 4) is 0 Å². The van der Waals surface area contributed by atoms with Crippen molar-refractivity contribution in [2.45, 2.75) is 72.0 Å². The molecular formula is C16H29B. The number of rotatable bonds is 1. The van der Waals surface area contributed by atoms with Gasteiger partial charge in [-0.2, -0.15) is 0 Å². The van der Waals surface area contributed by atoms with Crippen LogP contribution in [-0.2, 0) is 0 Å². The van der Waals surface area contributed by atoms with E-state index in [9.17, 15) is 0 Å². The first-order chi connectivity index (χ1) is 7.79. The van der Waals surface area contributed by atoms with E-state index in [0.717, 1.165) is 23.7 Å². The number of hydrogen-bond acceptors (Lipinski definition) is 0.